The number of methoxy groups -OCH3 is 2. The van der Waals surface area contributed by atoms with E-state index in [1.165, 1.54) is 0 Å². The van der Waals surface area contributed by atoms with Crippen molar-refractivity contribution in [1.82, 2.24) is 4.98 Å². The monoisotopic (exact) mass is 338 g/mol. The van der Waals surface area contributed by atoms with Crippen LogP contribution in [-0.2, 0) is 0 Å². The van der Waals surface area contributed by atoms with Gasteiger partial charge in [-0.3, -0.25) is 4.79 Å². The van der Waals surface area contributed by atoms with Crippen LogP contribution >= 0.6 is 0 Å². The summed E-state index contributed by atoms with van der Waals surface area (Å²) in [6.07, 6.45) is 1.77. The highest BCUT2D eigenvalue weighted by Crippen LogP contribution is 2.33. The summed E-state index contributed by atoms with van der Waals surface area (Å²) < 4.78 is 10.7. The Morgan fingerprint density at radius 3 is 2.52 bits per heavy atom. The van der Waals surface area contributed by atoms with E-state index >= 15 is 0 Å². The van der Waals surface area contributed by atoms with Gasteiger partial charge in [-0.2, -0.15) is 0 Å². The van der Waals surface area contributed by atoms with Gasteiger partial charge in [-0.1, -0.05) is 18.2 Å². The van der Waals surface area contributed by atoms with Crippen LogP contribution in [0.4, 0.5) is 5.69 Å². The summed E-state index contributed by atoms with van der Waals surface area (Å²) in [6, 6.07) is 11.2. The van der Waals surface area contributed by atoms with Gasteiger partial charge in [0.1, 0.15) is 0 Å². The number of ketones is 1. The second-order valence-corrected chi connectivity index (χ2v) is 6.00. The first kappa shape index (κ1) is 16.9. The summed E-state index contributed by atoms with van der Waals surface area (Å²) in [6.45, 7) is 3.83. The third kappa shape index (κ3) is 3.18. The molecule has 130 valence electrons. The SMILES string of the molecule is COc1cc(C)c(N[C@@H](C)C(=O)c2c[nH]c3ccccc23)cc1OC. The van der Waals surface area contributed by atoms with Crippen LogP contribution in [0.3, 0.4) is 0 Å². The van der Waals surface area contributed by atoms with Gasteiger partial charge in [0.05, 0.1) is 20.3 Å². The molecule has 0 saturated carbocycles. The molecule has 0 saturated heterocycles. The highest BCUT2D eigenvalue weighted by Gasteiger charge is 2.20. The van der Waals surface area contributed by atoms with Gasteiger partial charge in [0.15, 0.2) is 17.3 Å². The molecule has 1 aromatic heterocycles. The first-order valence-electron chi connectivity index (χ1n) is 8.14. The van der Waals surface area contributed by atoms with Crippen LogP contribution in [-0.4, -0.2) is 31.0 Å². The quantitative estimate of drug-likeness (QED) is 0.662. The van der Waals surface area contributed by atoms with Gasteiger partial charge < -0.3 is 19.8 Å². The van der Waals surface area contributed by atoms with Gasteiger partial charge >= 0.3 is 0 Å². The summed E-state index contributed by atoms with van der Waals surface area (Å²) in [4.78, 5) is 16.0. The summed E-state index contributed by atoms with van der Waals surface area (Å²) in [5, 5.41) is 4.23. The minimum atomic E-state index is -0.379. The number of H-pyrrole nitrogens is 1. The number of aromatic nitrogens is 1. The number of benzene rings is 2. The number of fused-ring (bicyclic) bond motifs is 1. The van der Waals surface area contributed by atoms with Crippen molar-refractivity contribution >= 4 is 22.4 Å². The summed E-state index contributed by atoms with van der Waals surface area (Å²) in [5.74, 6) is 1.33. The second kappa shape index (κ2) is 6.89. The second-order valence-electron chi connectivity index (χ2n) is 6.00. The lowest BCUT2D eigenvalue weighted by Crippen LogP contribution is -2.26. The first-order chi connectivity index (χ1) is 12.0. The number of para-hydroxylation sites is 1. The highest BCUT2D eigenvalue weighted by molar-refractivity contribution is 6.11. The number of rotatable bonds is 6. The summed E-state index contributed by atoms with van der Waals surface area (Å²) in [5.41, 5.74) is 3.48. The number of anilines is 1. The van der Waals surface area contributed by atoms with Gasteiger partial charge in [0.25, 0.3) is 0 Å². The van der Waals surface area contributed by atoms with E-state index in [4.69, 9.17) is 9.47 Å². The predicted molar refractivity (Wildman–Crippen MR) is 100.0 cm³/mol. The maximum Gasteiger partial charge on any atom is 0.186 e. The van der Waals surface area contributed by atoms with Crippen LogP contribution in [0.2, 0.25) is 0 Å². The number of hydrogen-bond acceptors (Lipinski definition) is 4. The molecular weight excluding hydrogens is 316 g/mol. The molecule has 0 bridgehead atoms. The van der Waals surface area contributed by atoms with E-state index in [9.17, 15) is 4.79 Å². The fourth-order valence-corrected chi connectivity index (χ4v) is 2.94. The lowest BCUT2D eigenvalue weighted by molar-refractivity contribution is 0.0977. The Hall–Kier alpha value is -2.95. The largest absolute Gasteiger partial charge is 0.493 e. The molecule has 0 aliphatic rings. The number of carbonyl (C=O) groups excluding carboxylic acids is 1. The van der Waals surface area contributed by atoms with Crippen LogP contribution in [0, 0.1) is 6.92 Å². The van der Waals surface area contributed by atoms with E-state index in [1.807, 2.05) is 50.2 Å². The minimum absolute atomic E-state index is 0.0339. The minimum Gasteiger partial charge on any atom is -0.493 e. The van der Waals surface area contributed by atoms with Crippen molar-refractivity contribution < 1.29 is 14.3 Å². The van der Waals surface area contributed by atoms with Crippen molar-refractivity contribution in [2.24, 2.45) is 0 Å². The molecule has 1 atom stereocenters. The third-order valence-electron chi connectivity index (χ3n) is 4.35. The maximum atomic E-state index is 12.9. The molecule has 5 heteroatoms. The Labute approximate surface area is 147 Å². The number of Topliss-reactive ketones (excluding diaryl/α,β-unsaturated/α-hetero) is 1. The topological polar surface area (TPSA) is 63.3 Å². The molecule has 1 heterocycles. The number of aryl methyl sites for hydroxylation is 1. The van der Waals surface area contributed by atoms with E-state index in [2.05, 4.69) is 10.3 Å². The van der Waals surface area contributed by atoms with Gasteiger partial charge in [-0.05, 0) is 31.5 Å². The number of carbonyl (C=O) groups is 1. The molecule has 0 unspecified atom stereocenters. The molecule has 0 fully saturated rings. The van der Waals surface area contributed by atoms with Gasteiger partial charge in [-0.15, -0.1) is 0 Å². The average molecular weight is 338 g/mol. The summed E-state index contributed by atoms with van der Waals surface area (Å²) >= 11 is 0. The molecule has 3 rings (SSSR count). The zero-order valence-corrected chi connectivity index (χ0v) is 14.8. The molecule has 0 aliphatic heterocycles. The molecule has 0 radical (unpaired) electrons. The molecule has 0 aliphatic carbocycles. The first-order valence-corrected chi connectivity index (χ1v) is 8.14. The van der Waals surface area contributed by atoms with Crippen molar-refractivity contribution in [3.05, 3.63) is 53.7 Å². The van der Waals surface area contributed by atoms with Crippen LogP contribution in [0.5, 0.6) is 11.5 Å². The number of nitrogens with one attached hydrogen (secondary N) is 2. The molecule has 2 N–H and O–H groups in total. The Kier molecular flexibility index (Phi) is 4.65. The van der Waals surface area contributed by atoms with E-state index < -0.39 is 0 Å². The van der Waals surface area contributed by atoms with Crippen molar-refractivity contribution in [2.75, 3.05) is 19.5 Å². The molecule has 0 amide bonds. The lowest BCUT2D eigenvalue weighted by Gasteiger charge is -2.18. The number of hydrogen-bond donors (Lipinski definition) is 2. The molecule has 5 nitrogen and oxygen atoms in total. The van der Waals surface area contributed by atoms with Gasteiger partial charge in [0.2, 0.25) is 0 Å². The highest BCUT2D eigenvalue weighted by atomic mass is 16.5. The molecule has 25 heavy (non-hydrogen) atoms. The molecule has 3 aromatic rings. The fourth-order valence-electron chi connectivity index (χ4n) is 2.94. The number of ether oxygens (including phenoxy) is 2. The molecule has 0 spiro atoms. The van der Waals surface area contributed by atoms with Crippen LogP contribution in [0.25, 0.3) is 10.9 Å². The zero-order valence-electron chi connectivity index (χ0n) is 14.8. The van der Waals surface area contributed by atoms with Crippen LogP contribution in [0.15, 0.2) is 42.6 Å². The van der Waals surface area contributed by atoms with E-state index in [1.54, 1.807) is 20.4 Å². The van der Waals surface area contributed by atoms with Crippen LogP contribution in [0.1, 0.15) is 22.8 Å². The maximum absolute atomic E-state index is 12.9. The lowest BCUT2D eigenvalue weighted by atomic mass is 10.0. The fraction of sp³-hybridized carbons (Fsp3) is 0.250. The van der Waals surface area contributed by atoms with Crippen LogP contribution < -0.4 is 14.8 Å². The smallest absolute Gasteiger partial charge is 0.186 e. The Morgan fingerprint density at radius 1 is 1.12 bits per heavy atom. The zero-order chi connectivity index (χ0) is 18.0. The summed E-state index contributed by atoms with van der Waals surface area (Å²) in [7, 11) is 3.20. The Morgan fingerprint density at radius 2 is 1.80 bits per heavy atom. The number of aromatic amines is 1. The van der Waals surface area contributed by atoms with E-state index in [-0.39, 0.29) is 11.8 Å². The van der Waals surface area contributed by atoms with E-state index in [0.29, 0.717) is 17.1 Å². The van der Waals surface area contributed by atoms with Crippen molar-refractivity contribution in [1.29, 1.82) is 0 Å². The molecular formula is C20H22N2O3. The van der Waals surface area contributed by atoms with Gasteiger partial charge in [-0.25, -0.2) is 0 Å². The van der Waals surface area contributed by atoms with E-state index in [0.717, 1.165) is 22.2 Å². The third-order valence-corrected chi connectivity index (χ3v) is 4.35. The normalized spacial score (nSPS) is 12.0. The predicted octanol–water partition coefficient (Wildman–Crippen LogP) is 4.18. The average Bonchev–Trinajstić information content (AvgIpc) is 3.06. The Balaban J connectivity index is 1.87. The molecule has 2 aromatic carbocycles. The van der Waals surface area contributed by atoms with Crippen molar-refractivity contribution in [3.8, 4) is 11.5 Å². The Bertz CT molecular complexity index is 914. The van der Waals surface area contributed by atoms with Crippen molar-refractivity contribution in [3.63, 3.8) is 0 Å². The van der Waals surface area contributed by atoms with Gasteiger partial charge in [0, 0.05) is 34.4 Å². The van der Waals surface area contributed by atoms with Crippen molar-refractivity contribution in [2.45, 2.75) is 19.9 Å². The standard InChI is InChI=1S/C20H22N2O3/c1-12-9-18(24-3)19(25-4)10-17(12)22-13(2)20(23)15-11-21-16-8-6-5-7-14(15)16/h5-11,13,21-22H,1-4H3/t13-/m0/s1.